The molecule has 2 aromatic heterocycles. The number of nitrogens with one attached hydrogen (secondary N) is 7. The van der Waals surface area contributed by atoms with Crippen LogP contribution < -0.4 is 36.0 Å². The Hall–Kier alpha value is -5.65. The summed E-state index contributed by atoms with van der Waals surface area (Å²) in [5.74, 6) is -1.10. The molecule has 0 aliphatic carbocycles. The molecular weight excluding hydrogens is 877 g/mol. The maximum Gasteiger partial charge on any atom is 0.323 e. The number of amides is 3. The number of carbonyl (C=O) groups is 4. The minimum Gasteiger partial charge on any atom is -0.494 e. The van der Waals surface area contributed by atoms with Crippen LogP contribution >= 0.6 is 0 Å². The van der Waals surface area contributed by atoms with Crippen molar-refractivity contribution in [2.75, 3.05) is 84.8 Å². The molecule has 0 saturated carbocycles. The molecule has 66 heavy (non-hydrogen) atoms. The fourth-order valence-electron chi connectivity index (χ4n) is 6.83. The van der Waals surface area contributed by atoms with Gasteiger partial charge in [0.25, 0.3) is 5.91 Å². The molecule has 0 aliphatic heterocycles. The number of hydrogen-bond acceptors (Lipinski definition) is 14. The lowest BCUT2D eigenvalue weighted by atomic mass is 10.1. The molecule has 4 rings (SSSR count). The third-order valence-electron chi connectivity index (χ3n) is 10.2. The third kappa shape index (κ3) is 18.0. The van der Waals surface area contributed by atoms with Crippen molar-refractivity contribution in [2.45, 2.75) is 82.8 Å². The molecule has 21 nitrogen and oxygen atoms in total. The lowest BCUT2D eigenvalue weighted by Crippen LogP contribution is -2.48. The highest BCUT2D eigenvalue weighted by Crippen LogP contribution is 2.26. The molecule has 2 unspecified atom stereocenters. The van der Waals surface area contributed by atoms with Gasteiger partial charge in [-0.15, -0.1) is 0 Å². The maximum atomic E-state index is 13.5. The Bertz CT molecular complexity index is 2210. The molecule has 0 spiro atoms. The summed E-state index contributed by atoms with van der Waals surface area (Å²) in [6.07, 6.45) is 8.55. The summed E-state index contributed by atoms with van der Waals surface area (Å²) < 4.78 is 53.5. The Morgan fingerprint density at radius 3 is 2.15 bits per heavy atom. The van der Waals surface area contributed by atoms with E-state index in [1.807, 2.05) is 11.6 Å². The molecule has 22 heteroatoms. The van der Waals surface area contributed by atoms with Gasteiger partial charge in [0.2, 0.25) is 21.8 Å². The molecular formula is C44H66N10O11S. The van der Waals surface area contributed by atoms with E-state index in [1.54, 1.807) is 57.7 Å². The molecule has 0 aliphatic rings. The topological polar surface area (TPSA) is 278 Å². The number of aryl methyl sites for hydroxylation is 3. The van der Waals surface area contributed by atoms with E-state index in [1.165, 1.54) is 12.1 Å². The van der Waals surface area contributed by atoms with E-state index in [0.717, 1.165) is 30.2 Å². The van der Waals surface area contributed by atoms with E-state index in [4.69, 9.17) is 18.9 Å². The second-order valence-electron chi connectivity index (χ2n) is 15.4. The Labute approximate surface area is 385 Å². The highest BCUT2D eigenvalue weighted by atomic mass is 32.2. The molecule has 0 radical (unpaired) electrons. The normalized spacial score (nSPS) is 12.4. The molecule has 3 amide bonds. The van der Waals surface area contributed by atoms with E-state index in [9.17, 15) is 32.7 Å². The smallest absolute Gasteiger partial charge is 0.323 e. The second kappa shape index (κ2) is 28.4. The van der Waals surface area contributed by atoms with Gasteiger partial charge in [0.15, 0.2) is 5.95 Å². The summed E-state index contributed by atoms with van der Waals surface area (Å²) in [5, 5.41) is 29.5. The van der Waals surface area contributed by atoms with Crippen molar-refractivity contribution in [3.05, 3.63) is 65.6 Å². The second-order valence-corrected chi connectivity index (χ2v) is 17.0. The van der Waals surface area contributed by atoms with Crippen LogP contribution in [-0.2, 0) is 45.2 Å². The molecule has 364 valence electrons. The maximum absolute atomic E-state index is 13.5. The number of fused-ring (bicyclic) bond motifs is 1. The molecule has 0 fully saturated rings. The summed E-state index contributed by atoms with van der Waals surface area (Å²) in [4.78, 5) is 56.5. The van der Waals surface area contributed by atoms with Gasteiger partial charge < -0.3 is 55.6 Å². The van der Waals surface area contributed by atoms with Crippen LogP contribution in [0.4, 0.5) is 5.95 Å². The van der Waals surface area contributed by atoms with Gasteiger partial charge in [0.05, 0.1) is 55.7 Å². The molecule has 4 aromatic rings. The fraction of sp³-hybridized carbons (Fsp3) is 0.545. The van der Waals surface area contributed by atoms with Crippen LogP contribution in [0.3, 0.4) is 0 Å². The first-order chi connectivity index (χ1) is 31.8. The summed E-state index contributed by atoms with van der Waals surface area (Å²) in [6, 6.07) is 6.23. The Balaban J connectivity index is 1.07. The first kappa shape index (κ1) is 53.0. The molecule has 0 saturated heterocycles. The first-order valence-corrected chi connectivity index (χ1v) is 23.7. The Morgan fingerprint density at radius 2 is 1.52 bits per heavy atom. The van der Waals surface area contributed by atoms with Crippen molar-refractivity contribution < 1.29 is 51.6 Å². The number of H-pyrrole nitrogens is 1. The van der Waals surface area contributed by atoms with E-state index in [-0.39, 0.29) is 41.3 Å². The summed E-state index contributed by atoms with van der Waals surface area (Å²) in [5.41, 5.74) is 1.74. The van der Waals surface area contributed by atoms with Crippen molar-refractivity contribution in [2.24, 2.45) is 0 Å². The van der Waals surface area contributed by atoms with Crippen molar-refractivity contribution >= 4 is 50.6 Å². The van der Waals surface area contributed by atoms with Crippen LogP contribution in [0, 0.1) is 13.8 Å². The Morgan fingerprint density at radius 1 is 0.833 bits per heavy atom. The van der Waals surface area contributed by atoms with Crippen LogP contribution in [0.2, 0.25) is 0 Å². The number of hydrogen-bond donors (Lipinski definition) is 8. The number of benzene rings is 2. The number of carbonyl (C=O) groups excluding carboxylic acids is 3. The van der Waals surface area contributed by atoms with Gasteiger partial charge in [-0.25, -0.2) is 13.4 Å². The number of likely N-dealkylation sites (N-methyl/N-ethyl adjacent to an activating group) is 1. The van der Waals surface area contributed by atoms with Gasteiger partial charge in [0.1, 0.15) is 11.8 Å². The molecule has 2 aromatic carbocycles. The summed E-state index contributed by atoms with van der Waals surface area (Å²) in [7, 11) is -2.59. The van der Waals surface area contributed by atoms with Crippen molar-refractivity contribution in [1.29, 1.82) is 0 Å². The van der Waals surface area contributed by atoms with Gasteiger partial charge in [-0.2, -0.15) is 9.82 Å². The van der Waals surface area contributed by atoms with Crippen LogP contribution in [0.5, 0.6) is 5.75 Å². The monoisotopic (exact) mass is 942 g/mol. The zero-order valence-electron chi connectivity index (χ0n) is 38.3. The number of ether oxygens (including phenoxy) is 4. The lowest BCUT2D eigenvalue weighted by molar-refractivity contribution is -0.138. The van der Waals surface area contributed by atoms with Crippen molar-refractivity contribution in [3.8, 4) is 5.75 Å². The van der Waals surface area contributed by atoms with Gasteiger partial charge in [-0.1, -0.05) is 6.92 Å². The van der Waals surface area contributed by atoms with E-state index in [2.05, 4.69) is 46.4 Å². The van der Waals surface area contributed by atoms with Crippen LogP contribution in [-0.4, -0.2) is 149 Å². The number of anilines is 1. The largest absolute Gasteiger partial charge is 0.494 e. The number of sulfonamides is 1. The number of aromatic nitrogens is 4. The lowest BCUT2D eigenvalue weighted by Gasteiger charge is -2.19. The Kier molecular flexibility index (Phi) is 22.8. The van der Waals surface area contributed by atoms with Crippen LogP contribution in [0.1, 0.15) is 66.9 Å². The van der Waals surface area contributed by atoms with Crippen LogP contribution in [0.25, 0.3) is 10.9 Å². The predicted octanol–water partition coefficient (Wildman–Crippen LogP) is 2.26. The molecule has 8 N–H and O–H groups in total. The highest BCUT2D eigenvalue weighted by molar-refractivity contribution is 7.89. The molecule has 0 bridgehead atoms. The number of carboxylic acids is 1. The van der Waals surface area contributed by atoms with Crippen molar-refractivity contribution in [3.63, 3.8) is 0 Å². The SMILES string of the molecule is CCC(NC)C(=O)NCCCOCCOCCOCCCNC(=O)CCCOc1cc(C)c(S(=O)(=O)NC(CNC(=O)c2ccc3c(cnn3CCCNc3ncc[nH]3)c2)C(=O)O)c(C)c1. The van der Waals surface area contributed by atoms with Gasteiger partial charge in [-0.05, 0) is 94.5 Å². The standard InChI is InChI=1S/C44H66N10O11S/c1-5-36(45-4)42(57)47-15-9-20-63-23-25-64-24-22-62-19-8-14-46-39(55)10-6-21-65-35-26-31(2)40(32(3)27-35)66(60,61)53-37(43(58)59)30-51-41(56)33-11-12-38-34(28-33)29-52-54(38)18-7-13-48-44-49-16-17-50-44/h11-12,16-17,26-29,36-37,45,53H,5-10,13-15,18-25,30H2,1-4H3,(H,46,55)(H,47,57)(H,51,56)(H,58,59)(H2,48,49,50). The van der Waals surface area contributed by atoms with Gasteiger partial charge in [-0.3, -0.25) is 23.9 Å². The zero-order valence-corrected chi connectivity index (χ0v) is 39.1. The number of nitrogens with zero attached hydrogens (tertiary/aromatic N) is 3. The van der Waals surface area contributed by atoms with E-state index in [0.29, 0.717) is 101 Å². The summed E-state index contributed by atoms with van der Waals surface area (Å²) >= 11 is 0. The number of rotatable bonds is 34. The molecule has 2 heterocycles. The quantitative estimate of drug-likeness (QED) is 0.0312. The number of aromatic amines is 1. The van der Waals surface area contributed by atoms with Crippen molar-refractivity contribution in [1.82, 2.24) is 45.7 Å². The predicted molar refractivity (Wildman–Crippen MR) is 247 cm³/mol. The number of carboxylic acid groups (broad SMARTS) is 1. The third-order valence-corrected chi connectivity index (χ3v) is 12.0. The van der Waals surface area contributed by atoms with Gasteiger partial charge in [0, 0.05) is 75.7 Å². The van der Waals surface area contributed by atoms with Crippen LogP contribution in [0.15, 0.2) is 53.8 Å². The average molecular weight is 943 g/mol. The highest BCUT2D eigenvalue weighted by Gasteiger charge is 2.29. The minimum absolute atomic E-state index is 0.00642. The minimum atomic E-state index is -4.35. The average Bonchev–Trinajstić information content (AvgIpc) is 3.96. The fourth-order valence-corrected chi connectivity index (χ4v) is 8.47. The van der Waals surface area contributed by atoms with Gasteiger partial charge >= 0.3 is 5.97 Å². The zero-order chi connectivity index (χ0) is 47.7. The number of aliphatic carboxylic acids is 1. The first-order valence-electron chi connectivity index (χ1n) is 22.2. The number of imidazole rings is 1. The summed E-state index contributed by atoms with van der Waals surface area (Å²) in [6.45, 7) is 9.87. The van der Waals surface area contributed by atoms with E-state index >= 15 is 0 Å². The van der Waals surface area contributed by atoms with E-state index < -0.39 is 34.5 Å². The molecule has 2 atom stereocenters.